The summed E-state index contributed by atoms with van der Waals surface area (Å²) in [6.07, 6.45) is 1.41. The fourth-order valence-electron chi connectivity index (χ4n) is 3.47. The first-order valence-corrected chi connectivity index (χ1v) is 11.0. The molecule has 180 valence electrons. The van der Waals surface area contributed by atoms with Crippen LogP contribution in [0, 0.1) is 10.1 Å². The summed E-state index contributed by atoms with van der Waals surface area (Å²) < 4.78 is 10.4. The molecule has 0 atom stereocenters. The number of morpholine rings is 1. The van der Waals surface area contributed by atoms with Crippen molar-refractivity contribution in [2.75, 3.05) is 41.8 Å². The smallest absolute Gasteiger partial charge is 0.291 e. The Morgan fingerprint density at radius 1 is 0.971 bits per heavy atom. The summed E-state index contributed by atoms with van der Waals surface area (Å²) in [5, 5.41) is 19.4. The molecule has 0 saturated carbocycles. The van der Waals surface area contributed by atoms with Crippen molar-refractivity contribution in [2.45, 2.75) is 0 Å². The molecule has 1 aliphatic heterocycles. The van der Waals surface area contributed by atoms with E-state index in [1.54, 1.807) is 42.5 Å². The van der Waals surface area contributed by atoms with E-state index in [1.165, 1.54) is 18.4 Å². The summed E-state index contributed by atoms with van der Waals surface area (Å²) in [5.41, 5.74) is 1.62. The number of thiocarbonyl (C=S) groups is 1. The molecule has 1 aliphatic rings. The van der Waals surface area contributed by atoms with Crippen LogP contribution in [0.15, 0.2) is 65.3 Å². The zero-order valence-corrected chi connectivity index (χ0v) is 19.2. The Kier molecular flexibility index (Phi) is 7.33. The summed E-state index contributed by atoms with van der Waals surface area (Å²) in [5.74, 6) is -0.768. The van der Waals surface area contributed by atoms with Crippen molar-refractivity contribution < 1.29 is 23.7 Å². The lowest BCUT2D eigenvalue weighted by molar-refractivity contribution is -0.384. The maximum atomic E-state index is 13.0. The lowest BCUT2D eigenvalue weighted by Gasteiger charge is -2.30. The number of nitrogens with one attached hydrogen (secondary N) is 3. The van der Waals surface area contributed by atoms with Crippen molar-refractivity contribution in [1.82, 2.24) is 5.32 Å². The van der Waals surface area contributed by atoms with Gasteiger partial charge in [0.1, 0.15) is 0 Å². The van der Waals surface area contributed by atoms with Crippen LogP contribution < -0.4 is 20.9 Å². The molecule has 0 bridgehead atoms. The SMILES string of the molecule is O=C(Nc1ccc(NC(=S)NC(=O)c2cc([N+](=O)[O-])ccc2N2CCOCC2)cc1)c1ccco1. The van der Waals surface area contributed by atoms with Crippen molar-refractivity contribution in [1.29, 1.82) is 0 Å². The number of carbonyl (C=O) groups is 2. The molecule has 0 unspecified atom stereocenters. The fraction of sp³-hybridized carbons (Fsp3) is 0.174. The summed E-state index contributed by atoms with van der Waals surface area (Å²) >= 11 is 5.26. The first kappa shape index (κ1) is 23.9. The Balaban J connectivity index is 1.41. The van der Waals surface area contributed by atoms with Crippen LogP contribution in [0.1, 0.15) is 20.9 Å². The Bertz CT molecular complexity index is 1240. The van der Waals surface area contributed by atoms with E-state index in [0.29, 0.717) is 43.4 Å². The molecular formula is C23H21N5O6S. The maximum Gasteiger partial charge on any atom is 0.291 e. The third-order valence-electron chi connectivity index (χ3n) is 5.16. The van der Waals surface area contributed by atoms with Gasteiger partial charge in [-0.3, -0.25) is 25.0 Å². The predicted molar refractivity (Wildman–Crippen MR) is 133 cm³/mol. The lowest BCUT2D eigenvalue weighted by Crippen LogP contribution is -2.39. The van der Waals surface area contributed by atoms with Crippen molar-refractivity contribution in [2.24, 2.45) is 0 Å². The average Bonchev–Trinajstić information content (AvgIpc) is 3.40. The summed E-state index contributed by atoms with van der Waals surface area (Å²) in [7, 11) is 0. The molecule has 0 radical (unpaired) electrons. The monoisotopic (exact) mass is 495 g/mol. The van der Waals surface area contributed by atoms with E-state index in [4.69, 9.17) is 21.4 Å². The minimum absolute atomic E-state index is 0.0156. The number of amides is 2. The highest BCUT2D eigenvalue weighted by atomic mass is 32.1. The van der Waals surface area contributed by atoms with Crippen molar-refractivity contribution >= 4 is 51.9 Å². The molecule has 0 aliphatic carbocycles. The van der Waals surface area contributed by atoms with Crippen LogP contribution in [0.3, 0.4) is 0 Å². The Morgan fingerprint density at radius 2 is 1.66 bits per heavy atom. The number of furan rings is 1. The minimum atomic E-state index is -0.574. The first-order valence-electron chi connectivity index (χ1n) is 10.6. The second-order valence-corrected chi connectivity index (χ2v) is 7.88. The molecule has 2 amide bonds. The van der Waals surface area contributed by atoms with Gasteiger partial charge in [0.15, 0.2) is 10.9 Å². The molecule has 1 saturated heterocycles. The number of hydrogen-bond donors (Lipinski definition) is 3. The van der Waals surface area contributed by atoms with Gasteiger partial charge in [0, 0.05) is 36.6 Å². The topological polar surface area (TPSA) is 139 Å². The lowest BCUT2D eigenvalue weighted by atomic mass is 10.1. The summed E-state index contributed by atoms with van der Waals surface area (Å²) in [6, 6.07) is 14.0. The largest absolute Gasteiger partial charge is 0.459 e. The molecule has 35 heavy (non-hydrogen) atoms. The van der Waals surface area contributed by atoms with Crippen molar-refractivity contribution in [3.63, 3.8) is 0 Å². The van der Waals surface area contributed by atoms with Crippen LogP contribution in [-0.2, 0) is 4.74 Å². The molecule has 12 heteroatoms. The summed E-state index contributed by atoms with van der Waals surface area (Å²) in [4.78, 5) is 37.7. The van der Waals surface area contributed by atoms with Crippen LogP contribution in [0.2, 0.25) is 0 Å². The molecule has 2 aromatic carbocycles. The second-order valence-electron chi connectivity index (χ2n) is 7.48. The first-order chi connectivity index (χ1) is 16.9. The maximum absolute atomic E-state index is 13.0. The third kappa shape index (κ3) is 5.99. The quantitative estimate of drug-likeness (QED) is 0.267. The minimum Gasteiger partial charge on any atom is -0.459 e. The molecule has 4 rings (SSSR count). The number of nitro benzene ring substituents is 1. The van der Waals surface area contributed by atoms with Gasteiger partial charge < -0.3 is 24.7 Å². The van der Waals surface area contributed by atoms with Crippen LogP contribution >= 0.6 is 12.2 Å². The fourth-order valence-corrected chi connectivity index (χ4v) is 3.68. The van der Waals surface area contributed by atoms with Gasteiger partial charge >= 0.3 is 0 Å². The van der Waals surface area contributed by atoms with E-state index in [1.807, 2.05) is 4.90 Å². The zero-order chi connectivity index (χ0) is 24.8. The van der Waals surface area contributed by atoms with E-state index in [0.717, 1.165) is 0 Å². The molecule has 2 heterocycles. The number of carbonyl (C=O) groups excluding carboxylic acids is 2. The van der Waals surface area contributed by atoms with Crippen LogP contribution in [0.4, 0.5) is 22.7 Å². The van der Waals surface area contributed by atoms with Crippen molar-refractivity contribution in [3.8, 4) is 0 Å². The van der Waals surface area contributed by atoms with Crippen LogP contribution in [0.5, 0.6) is 0 Å². The number of benzene rings is 2. The summed E-state index contributed by atoms with van der Waals surface area (Å²) in [6.45, 7) is 2.11. The Labute approximate surface area is 205 Å². The van der Waals surface area contributed by atoms with Crippen LogP contribution in [-0.4, -0.2) is 48.2 Å². The molecule has 1 fully saturated rings. The number of ether oxygens (including phenoxy) is 1. The number of nitrogens with zero attached hydrogens (tertiary/aromatic N) is 2. The Hall–Kier alpha value is -4.29. The van der Waals surface area contributed by atoms with Gasteiger partial charge in [0.05, 0.1) is 35.7 Å². The zero-order valence-electron chi connectivity index (χ0n) is 18.4. The highest BCUT2D eigenvalue weighted by Crippen LogP contribution is 2.26. The highest BCUT2D eigenvalue weighted by Gasteiger charge is 2.22. The Morgan fingerprint density at radius 3 is 2.29 bits per heavy atom. The van der Waals surface area contributed by atoms with Gasteiger partial charge in [0.25, 0.3) is 17.5 Å². The molecular weight excluding hydrogens is 474 g/mol. The number of anilines is 3. The van der Waals surface area contributed by atoms with E-state index in [-0.39, 0.29) is 28.0 Å². The average molecular weight is 496 g/mol. The second kappa shape index (κ2) is 10.8. The predicted octanol–water partition coefficient (Wildman–Crippen LogP) is 3.40. The number of non-ortho nitro benzene ring substituents is 1. The normalized spacial score (nSPS) is 13.1. The van der Waals surface area contributed by atoms with Gasteiger partial charge in [0.2, 0.25) is 0 Å². The molecule has 1 aromatic heterocycles. The van der Waals surface area contributed by atoms with Gasteiger partial charge in [-0.25, -0.2) is 0 Å². The standard InChI is InChI=1S/C23H21N5O6S/c29-21(18-14-17(28(31)32)7-8-19(18)27-9-12-33-13-10-27)26-23(35)25-16-5-3-15(4-6-16)24-22(30)20-2-1-11-34-20/h1-8,11,14H,9-10,12-13H2,(H,24,30)(H2,25,26,29,35). The van der Waals surface area contributed by atoms with E-state index >= 15 is 0 Å². The number of nitro groups is 1. The van der Waals surface area contributed by atoms with E-state index in [2.05, 4.69) is 16.0 Å². The molecule has 11 nitrogen and oxygen atoms in total. The van der Waals surface area contributed by atoms with Gasteiger partial charge in [-0.2, -0.15) is 0 Å². The van der Waals surface area contributed by atoms with Gasteiger partial charge in [-0.15, -0.1) is 0 Å². The van der Waals surface area contributed by atoms with E-state index < -0.39 is 10.8 Å². The molecule has 3 aromatic rings. The number of hydrogen-bond acceptors (Lipinski definition) is 8. The molecule has 0 spiro atoms. The third-order valence-corrected chi connectivity index (χ3v) is 5.36. The highest BCUT2D eigenvalue weighted by molar-refractivity contribution is 7.80. The van der Waals surface area contributed by atoms with Crippen molar-refractivity contribution in [3.05, 3.63) is 82.3 Å². The number of rotatable bonds is 6. The van der Waals surface area contributed by atoms with E-state index in [9.17, 15) is 19.7 Å². The van der Waals surface area contributed by atoms with Crippen LogP contribution in [0.25, 0.3) is 0 Å². The van der Waals surface area contributed by atoms with Gasteiger partial charge in [-0.05, 0) is 54.7 Å². The molecule has 3 N–H and O–H groups in total. The van der Waals surface area contributed by atoms with Gasteiger partial charge in [-0.1, -0.05) is 0 Å².